The summed E-state index contributed by atoms with van der Waals surface area (Å²) >= 11 is 5.93. The predicted molar refractivity (Wildman–Crippen MR) is 70.9 cm³/mol. The third-order valence-corrected chi connectivity index (χ3v) is 2.88. The summed E-state index contributed by atoms with van der Waals surface area (Å²) in [6, 6.07) is 8.09. The molecule has 4 heteroatoms. The van der Waals surface area contributed by atoms with Crippen molar-refractivity contribution in [1.82, 2.24) is 5.32 Å². The van der Waals surface area contributed by atoms with Crippen LogP contribution in [-0.4, -0.2) is 12.5 Å². The van der Waals surface area contributed by atoms with Gasteiger partial charge >= 0.3 is 0 Å². The lowest BCUT2D eigenvalue weighted by Crippen LogP contribution is -2.20. The summed E-state index contributed by atoms with van der Waals surface area (Å²) < 4.78 is 0. The van der Waals surface area contributed by atoms with Gasteiger partial charge in [-0.2, -0.15) is 0 Å². The van der Waals surface area contributed by atoms with Gasteiger partial charge in [-0.25, -0.2) is 0 Å². The second kappa shape index (κ2) is 7.30. The van der Waals surface area contributed by atoms with Gasteiger partial charge in [0.25, 0.3) is 0 Å². The lowest BCUT2D eigenvalue weighted by atomic mass is 10.1. The van der Waals surface area contributed by atoms with Crippen LogP contribution in [0.4, 0.5) is 0 Å². The molecule has 0 fully saturated rings. The fraction of sp³-hybridized carbons (Fsp3) is 0.462. The Labute approximate surface area is 107 Å². The monoisotopic (exact) mass is 254 g/mol. The van der Waals surface area contributed by atoms with E-state index in [2.05, 4.69) is 12.2 Å². The van der Waals surface area contributed by atoms with Crippen molar-refractivity contribution >= 4 is 17.5 Å². The van der Waals surface area contributed by atoms with Gasteiger partial charge in [0.05, 0.1) is 0 Å². The van der Waals surface area contributed by atoms with Crippen LogP contribution >= 0.6 is 11.6 Å². The topological polar surface area (TPSA) is 55.1 Å². The molecule has 0 heterocycles. The predicted octanol–water partition coefficient (Wildman–Crippen LogP) is 2.65. The summed E-state index contributed by atoms with van der Waals surface area (Å²) in [5, 5.41) is 4.14. The molecule has 0 aromatic heterocycles. The SMILES string of the molecule is CC(NCCCCC(N)=O)c1cccc(Cl)c1. The number of rotatable bonds is 7. The van der Waals surface area contributed by atoms with Gasteiger partial charge in [0.15, 0.2) is 0 Å². The fourth-order valence-electron chi connectivity index (χ4n) is 1.64. The average molecular weight is 255 g/mol. The molecule has 1 rings (SSSR count). The van der Waals surface area contributed by atoms with Crippen LogP contribution in [0, 0.1) is 0 Å². The van der Waals surface area contributed by atoms with Crippen molar-refractivity contribution in [3.8, 4) is 0 Å². The van der Waals surface area contributed by atoms with E-state index in [1.807, 2.05) is 24.3 Å². The number of halogens is 1. The van der Waals surface area contributed by atoms with Crippen LogP contribution in [0.1, 0.15) is 37.8 Å². The highest BCUT2D eigenvalue weighted by atomic mass is 35.5. The van der Waals surface area contributed by atoms with Gasteiger partial charge in [0.1, 0.15) is 0 Å². The van der Waals surface area contributed by atoms with Crippen LogP contribution < -0.4 is 11.1 Å². The van der Waals surface area contributed by atoms with Gasteiger partial charge in [0.2, 0.25) is 5.91 Å². The summed E-state index contributed by atoms with van der Waals surface area (Å²) in [7, 11) is 0. The van der Waals surface area contributed by atoms with E-state index in [-0.39, 0.29) is 11.9 Å². The highest BCUT2D eigenvalue weighted by Crippen LogP contribution is 2.17. The van der Waals surface area contributed by atoms with Gasteiger partial charge < -0.3 is 11.1 Å². The summed E-state index contributed by atoms with van der Waals surface area (Å²) in [5.74, 6) is -0.229. The average Bonchev–Trinajstić information content (AvgIpc) is 2.28. The van der Waals surface area contributed by atoms with E-state index < -0.39 is 0 Å². The molecule has 3 N–H and O–H groups in total. The van der Waals surface area contributed by atoms with Gasteiger partial charge in [0, 0.05) is 17.5 Å². The zero-order chi connectivity index (χ0) is 12.7. The van der Waals surface area contributed by atoms with Crippen LogP contribution in [0.25, 0.3) is 0 Å². The lowest BCUT2D eigenvalue weighted by Gasteiger charge is -2.14. The number of carbonyl (C=O) groups is 1. The Bertz CT molecular complexity index is 368. The Kier molecular flexibility index (Phi) is 6.01. The van der Waals surface area contributed by atoms with Crippen molar-refractivity contribution in [2.45, 2.75) is 32.2 Å². The molecule has 0 aliphatic heterocycles. The van der Waals surface area contributed by atoms with E-state index in [0.29, 0.717) is 6.42 Å². The van der Waals surface area contributed by atoms with Crippen LogP contribution in [0.5, 0.6) is 0 Å². The van der Waals surface area contributed by atoms with Gasteiger partial charge in [-0.05, 0) is 44.0 Å². The molecule has 3 nitrogen and oxygen atoms in total. The molecule has 1 amide bonds. The largest absolute Gasteiger partial charge is 0.370 e. The number of unbranched alkanes of at least 4 members (excludes halogenated alkanes) is 1. The van der Waals surface area contributed by atoms with Gasteiger partial charge in [-0.3, -0.25) is 4.79 Å². The maximum Gasteiger partial charge on any atom is 0.217 e. The van der Waals surface area contributed by atoms with E-state index in [1.54, 1.807) is 0 Å². The van der Waals surface area contributed by atoms with Crippen molar-refractivity contribution in [3.05, 3.63) is 34.9 Å². The maximum absolute atomic E-state index is 10.5. The highest BCUT2D eigenvalue weighted by molar-refractivity contribution is 6.30. The molecule has 0 saturated carbocycles. The van der Waals surface area contributed by atoms with E-state index in [4.69, 9.17) is 17.3 Å². The lowest BCUT2D eigenvalue weighted by molar-refractivity contribution is -0.118. The molecule has 1 aromatic rings. The Balaban J connectivity index is 2.25. The molecule has 1 atom stereocenters. The van der Waals surface area contributed by atoms with E-state index in [0.717, 1.165) is 24.4 Å². The number of benzene rings is 1. The first-order valence-corrected chi connectivity index (χ1v) is 6.24. The molecule has 17 heavy (non-hydrogen) atoms. The van der Waals surface area contributed by atoms with Crippen molar-refractivity contribution in [2.24, 2.45) is 5.73 Å². The second-order valence-corrected chi connectivity index (χ2v) is 4.59. The summed E-state index contributed by atoms with van der Waals surface area (Å²) in [4.78, 5) is 10.5. The van der Waals surface area contributed by atoms with Crippen LogP contribution in [0.2, 0.25) is 5.02 Å². The fourth-order valence-corrected chi connectivity index (χ4v) is 1.84. The van der Waals surface area contributed by atoms with Crippen molar-refractivity contribution in [1.29, 1.82) is 0 Å². The number of nitrogens with one attached hydrogen (secondary N) is 1. The number of hydrogen-bond donors (Lipinski definition) is 2. The molecule has 0 bridgehead atoms. The molecule has 0 aliphatic carbocycles. The van der Waals surface area contributed by atoms with Crippen molar-refractivity contribution in [3.63, 3.8) is 0 Å². The molecule has 1 aromatic carbocycles. The normalized spacial score (nSPS) is 12.4. The number of hydrogen-bond acceptors (Lipinski definition) is 2. The summed E-state index contributed by atoms with van der Waals surface area (Å²) in [5.41, 5.74) is 6.24. The quantitative estimate of drug-likeness (QED) is 0.735. The van der Waals surface area contributed by atoms with Crippen LogP contribution in [-0.2, 0) is 4.79 Å². The third-order valence-electron chi connectivity index (χ3n) is 2.65. The maximum atomic E-state index is 10.5. The Morgan fingerprint density at radius 1 is 1.47 bits per heavy atom. The van der Waals surface area contributed by atoms with Crippen molar-refractivity contribution in [2.75, 3.05) is 6.54 Å². The molecular formula is C13H19ClN2O. The van der Waals surface area contributed by atoms with Gasteiger partial charge in [-0.1, -0.05) is 23.7 Å². The van der Waals surface area contributed by atoms with E-state index in [1.165, 1.54) is 5.56 Å². The minimum absolute atomic E-state index is 0.229. The number of amides is 1. The number of primary amides is 1. The molecule has 0 aliphatic rings. The first kappa shape index (κ1) is 14.0. The minimum Gasteiger partial charge on any atom is -0.370 e. The Morgan fingerprint density at radius 3 is 2.88 bits per heavy atom. The summed E-state index contributed by atoms with van der Waals surface area (Å²) in [6.45, 7) is 2.97. The molecule has 0 spiro atoms. The van der Waals surface area contributed by atoms with Crippen LogP contribution in [0.3, 0.4) is 0 Å². The first-order chi connectivity index (χ1) is 8.09. The van der Waals surface area contributed by atoms with E-state index >= 15 is 0 Å². The molecule has 0 saturated heterocycles. The summed E-state index contributed by atoms with van der Waals surface area (Å²) in [6.07, 6.45) is 2.26. The highest BCUT2D eigenvalue weighted by Gasteiger charge is 2.04. The first-order valence-electron chi connectivity index (χ1n) is 5.86. The minimum atomic E-state index is -0.229. The Morgan fingerprint density at radius 2 is 2.24 bits per heavy atom. The second-order valence-electron chi connectivity index (χ2n) is 4.15. The molecule has 94 valence electrons. The molecule has 0 radical (unpaired) electrons. The zero-order valence-corrected chi connectivity index (χ0v) is 10.8. The van der Waals surface area contributed by atoms with E-state index in [9.17, 15) is 4.79 Å². The third kappa shape index (κ3) is 5.71. The Hall–Kier alpha value is -1.06. The standard InChI is InChI=1S/C13H19ClN2O/c1-10(11-5-4-6-12(14)9-11)16-8-3-2-7-13(15)17/h4-6,9-10,16H,2-3,7-8H2,1H3,(H2,15,17). The molecular weight excluding hydrogens is 236 g/mol. The zero-order valence-electron chi connectivity index (χ0n) is 10.1. The van der Waals surface area contributed by atoms with Gasteiger partial charge in [-0.15, -0.1) is 0 Å². The molecule has 1 unspecified atom stereocenters. The smallest absolute Gasteiger partial charge is 0.217 e. The number of nitrogens with two attached hydrogens (primary N) is 1. The number of carbonyl (C=O) groups excluding carboxylic acids is 1. The van der Waals surface area contributed by atoms with Crippen LogP contribution in [0.15, 0.2) is 24.3 Å². The van der Waals surface area contributed by atoms with Crippen molar-refractivity contribution < 1.29 is 4.79 Å².